The fourth-order valence-electron chi connectivity index (χ4n) is 2.55. The first-order valence-corrected chi connectivity index (χ1v) is 4.75. The van der Waals surface area contributed by atoms with Crippen molar-refractivity contribution in [1.29, 1.82) is 0 Å². The van der Waals surface area contributed by atoms with Gasteiger partial charge in [0.15, 0.2) is 0 Å². The molecule has 0 aromatic heterocycles. The van der Waals surface area contributed by atoms with E-state index in [1.807, 2.05) is 0 Å². The predicted molar refractivity (Wildman–Crippen MR) is 43.3 cm³/mol. The minimum Gasteiger partial charge on any atom is -0.310 e. The van der Waals surface area contributed by atoms with Gasteiger partial charge in [0.2, 0.25) is 0 Å². The van der Waals surface area contributed by atoms with E-state index >= 15 is 0 Å². The molecule has 1 N–H and O–H groups in total. The molecule has 12 heavy (non-hydrogen) atoms. The largest absolute Gasteiger partial charge is 0.310 e. The Labute approximate surface area is 71.5 Å². The van der Waals surface area contributed by atoms with Gasteiger partial charge in [-0.2, -0.15) is 0 Å². The molecule has 1 heterocycles. The van der Waals surface area contributed by atoms with E-state index in [2.05, 4.69) is 5.32 Å². The van der Waals surface area contributed by atoms with Crippen molar-refractivity contribution in [2.75, 3.05) is 13.1 Å². The van der Waals surface area contributed by atoms with Crippen molar-refractivity contribution in [2.45, 2.75) is 38.0 Å². The average molecular weight is 175 g/mol. The highest BCUT2D eigenvalue weighted by Gasteiger charge is 2.56. The lowest BCUT2D eigenvalue weighted by atomic mass is 9.71. The summed E-state index contributed by atoms with van der Waals surface area (Å²) in [4.78, 5) is 0. The SMILES string of the molecule is FC1(F)CNCC12CCCCC2. The maximum atomic E-state index is 13.4. The molecule has 0 radical (unpaired) electrons. The quantitative estimate of drug-likeness (QED) is 0.595. The Balaban J connectivity index is 2.17. The molecule has 1 aliphatic heterocycles. The van der Waals surface area contributed by atoms with Gasteiger partial charge in [-0.3, -0.25) is 0 Å². The summed E-state index contributed by atoms with van der Waals surface area (Å²) in [5.41, 5.74) is -0.675. The summed E-state index contributed by atoms with van der Waals surface area (Å²) in [6, 6.07) is 0. The Hall–Kier alpha value is -0.180. The number of nitrogens with one attached hydrogen (secondary N) is 1. The molecule has 0 aromatic carbocycles. The summed E-state index contributed by atoms with van der Waals surface area (Å²) >= 11 is 0. The molecule has 1 saturated heterocycles. The first kappa shape index (κ1) is 8.42. The molecule has 70 valence electrons. The van der Waals surface area contributed by atoms with E-state index in [-0.39, 0.29) is 6.54 Å². The van der Waals surface area contributed by atoms with Crippen LogP contribution in [-0.4, -0.2) is 19.0 Å². The minimum atomic E-state index is -2.45. The molecule has 1 nitrogen and oxygen atoms in total. The summed E-state index contributed by atoms with van der Waals surface area (Å²) in [5, 5.41) is 2.82. The zero-order chi connectivity index (χ0) is 8.66. The summed E-state index contributed by atoms with van der Waals surface area (Å²) in [6.45, 7) is 0.424. The molecule has 3 heteroatoms. The van der Waals surface area contributed by atoms with E-state index in [1.165, 1.54) is 0 Å². The second-order valence-corrected chi connectivity index (χ2v) is 4.15. The monoisotopic (exact) mass is 175 g/mol. The van der Waals surface area contributed by atoms with Gasteiger partial charge in [0.05, 0.1) is 6.54 Å². The van der Waals surface area contributed by atoms with Crippen molar-refractivity contribution >= 4 is 0 Å². The lowest BCUT2D eigenvalue weighted by Crippen LogP contribution is -2.41. The smallest absolute Gasteiger partial charge is 0.267 e. The fraction of sp³-hybridized carbons (Fsp3) is 1.00. The highest BCUT2D eigenvalue weighted by Crippen LogP contribution is 2.49. The fourth-order valence-corrected chi connectivity index (χ4v) is 2.55. The molecular formula is C9H15F2N. The summed E-state index contributed by atoms with van der Waals surface area (Å²) in [5.74, 6) is -2.45. The van der Waals surface area contributed by atoms with Crippen molar-refractivity contribution in [1.82, 2.24) is 5.32 Å². The number of hydrogen-bond acceptors (Lipinski definition) is 1. The molecule has 0 unspecified atom stereocenters. The third-order valence-corrected chi connectivity index (χ3v) is 3.40. The molecule has 0 aromatic rings. The Bertz CT molecular complexity index is 173. The van der Waals surface area contributed by atoms with Gasteiger partial charge < -0.3 is 5.32 Å². The molecule has 2 aliphatic rings. The zero-order valence-corrected chi connectivity index (χ0v) is 7.21. The standard InChI is InChI=1S/C9H15F2N/c10-9(11)7-12-6-8(9)4-2-1-3-5-8/h12H,1-7H2. The van der Waals surface area contributed by atoms with Gasteiger partial charge in [-0.25, -0.2) is 8.78 Å². The van der Waals surface area contributed by atoms with Crippen LogP contribution in [0.2, 0.25) is 0 Å². The lowest BCUT2D eigenvalue weighted by Gasteiger charge is -2.37. The van der Waals surface area contributed by atoms with E-state index in [0.717, 1.165) is 19.3 Å². The van der Waals surface area contributed by atoms with E-state index in [0.29, 0.717) is 19.4 Å². The maximum absolute atomic E-state index is 13.4. The lowest BCUT2D eigenvalue weighted by molar-refractivity contribution is -0.0996. The van der Waals surface area contributed by atoms with Crippen molar-refractivity contribution < 1.29 is 8.78 Å². The summed E-state index contributed by atoms with van der Waals surface area (Å²) in [6.07, 6.45) is 4.53. The number of hydrogen-bond donors (Lipinski definition) is 1. The number of rotatable bonds is 0. The second-order valence-electron chi connectivity index (χ2n) is 4.15. The van der Waals surface area contributed by atoms with Gasteiger partial charge in [-0.1, -0.05) is 19.3 Å². The van der Waals surface area contributed by atoms with Gasteiger partial charge in [0, 0.05) is 12.0 Å². The molecular weight excluding hydrogens is 160 g/mol. The van der Waals surface area contributed by atoms with Crippen molar-refractivity contribution in [2.24, 2.45) is 5.41 Å². The van der Waals surface area contributed by atoms with E-state index in [4.69, 9.17) is 0 Å². The van der Waals surface area contributed by atoms with Gasteiger partial charge in [-0.15, -0.1) is 0 Å². The topological polar surface area (TPSA) is 12.0 Å². The average Bonchev–Trinajstić information content (AvgIpc) is 2.30. The summed E-state index contributed by atoms with van der Waals surface area (Å²) in [7, 11) is 0. The minimum absolute atomic E-state index is 0.104. The molecule has 0 atom stereocenters. The Morgan fingerprint density at radius 3 is 2.08 bits per heavy atom. The third-order valence-electron chi connectivity index (χ3n) is 3.40. The van der Waals surface area contributed by atoms with Crippen LogP contribution < -0.4 is 5.32 Å². The number of halogens is 2. The maximum Gasteiger partial charge on any atom is 0.267 e. The second kappa shape index (κ2) is 2.66. The highest BCUT2D eigenvalue weighted by atomic mass is 19.3. The molecule has 1 aliphatic carbocycles. The van der Waals surface area contributed by atoms with E-state index < -0.39 is 11.3 Å². The molecule has 1 spiro atoms. The predicted octanol–water partition coefficient (Wildman–Crippen LogP) is 2.18. The van der Waals surface area contributed by atoms with Crippen LogP contribution in [0, 0.1) is 5.41 Å². The van der Waals surface area contributed by atoms with Crippen LogP contribution in [-0.2, 0) is 0 Å². The highest BCUT2D eigenvalue weighted by molar-refractivity contribution is 5.02. The first-order valence-electron chi connectivity index (χ1n) is 4.75. The molecule has 2 fully saturated rings. The van der Waals surface area contributed by atoms with Gasteiger partial charge >= 0.3 is 0 Å². The zero-order valence-electron chi connectivity index (χ0n) is 7.21. The van der Waals surface area contributed by atoms with Crippen LogP contribution in [0.5, 0.6) is 0 Å². The van der Waals surface area contributed by atoms with Crippen LogP contribution in [0.4, 0.5) is 8.78 Å². The Kier molecular flexibility index (Phi) is 1.86. The Morgan fingerprint density at radius 1 is 0.917 bits per heavy atom. The van der Waals surface area contributed by atoms with Crippen molar-refractivity contribution in [3.8, 4) is 0 Å². The normalized spacial score (nSPS) is 32.5. The van der Waals surface area contributed by atoms with Crippen LogP contribution in [0.1, 0.15) is 32.1 Å². The molecule has 1 saturated carbocycles. The van der Waals surface area contributed by atoms with Crippen LogP contribution in [0.25, 0.3) is 0 Å². The van der Waals surface area contributed by atoms with Gasteiger partial charge in [0.25, 0.3) is 5.92 Å². The first-order chi connectivity index (χ1) is 5.66. The Morgan fingerprint density at radius 2 is 1.58 bits per heavy atom. The van der Waals surface area contributed by atoms with Crippen LogP contribution in [0.15, 0.2) is 0 Å². The van der Waals surface area contributed by atoms with Crippen LogP contribution >= 0.6 is 0 Å². The van der Waals surface area contributed by atoms with Crippen molar-refractivity contribution in [3.05, 3.63) is 0 Å². The van der Waals surface area contributed by atoms with Gasteiger partial charge in [-0.05, 0) is 12.8 Å². The van der Waals surface area contributed by atoms with E-state index in [9.17, 15) is 8.78 Å². The summed E-state index contributed by atoms with van der Waals surface area (Å²) < 4.78 is 26.8. The van der Waals surface area contributed by atoms with Crippen LogP contribution in [0.3, 0.4) is 0 Å². The third kappa shape index (κ3) is 1.06. The molecule has 0 bridgehead atoms. The number of alkyl halides is 2. The molecule has 2 rings (SSSR count). The molecule has 0 amide bonds. The van der Waals surface area contributed by atoms with Gasteiger partial charge in [0.1, 0.15) is 0 Å². The van der Waals surface area contributed by atoms with E-state index in [1.54, 1.807) is 0 Å². The van der Waals surface area contributed by atoms with Crippen molar-refractivity contribution in [3.63, 3.8) is 0 Å².